The first-order valence-electron chi connectivity index (χ1n) is 9.57. The van der Waals surface area contributed by atoms with Crippen LogP contribution in [0.2, 0.25) is 0 Å². The minimum Gasteiger partial charge on any atom is -0.354 e. The summed E-state index contributed by atoms with van der Waals surface area (Å²) in [4.78, 5) is 21.3. The van der Waals surface area contributed by atoms with Crippen molar-refractivity contribution in [3.05, 3.63) is 48.7 Å². The molecule has 1 fully saturated rings. The Labute approximate surface area is 172 Å². The molecule has 0 atom stereocenters. The number of amides is 1. The molecule has 8 nitrogen and oxygen atoms in total. The number of piperazine rings is 1. The van der Waals surface area contributed by atoms with Crippen molar-refractivity contribution in [1.82, 2.24) is 14.2 Å². The van der Waals surface area contributed by atoms with Gasteiger partial charge in [-0.05, 0) is 36.4 Å². The van der Waals surface area contributed by atoms with Gasteiger partial charge in [0.25, 0.3) is 0 Å². The van der Waals surface area contributed by atoms with E-state index >= 15 is 0 Å². The van der Waals surface area contributed by atoms with Crippen LogP contribution in [0, 0.1) is 0 Å². The largest absolute Gasteiger partial charge is 0.354 e. The Bertz CT molecular complexity index is 909. The second-order valence-electron chi connectivity index (χ2n) is 7.13. The maximum atomic E-state index is 12.2. The SMILES string of the molecule is CN(C)S(=O)(=O)c1ccc(NC(=O)CCN2CCN(c3ccccn3)CC2)cc1. The van der Waals surface area contributed by atoms with Gasteiger partial charge in [0.05, 0.1) is 4.90 Å². The number of nitrogens with one attached hydrogen (secondary N) is 1. The molecule has 9 heteroatoms. The van der Waals surface area contributed by atoms with Crippen LogP contribution in [0.25, 0.3) is 0 Å². The highest BCUT2D eigenvalue weighted by atomic mass is 32.2. The molecule has 2 heterocycles. The van der Waals surface area contributed by atoms with Gasteiger partial charge in [0.2, 0.25) is 15.9 Å². The van der Waals surface area contributed by atoms with Crippen LogP contribution in [-0.2, 0) is 14.8 Å². The zero-order valence-electron chi connectivity index (χ0n) is 16.8. The van der Waals surface area contributed by atoms with Gasteiger partial charge in [-0.25, -0.2) is 17.7 Å². The number of rotatable bonds is 7. The second kappa shape index (κ2) is 9.34. The van der Waals surface area contributed by atoms with Crippen molar-refractivity contribution in [2.45, 2.75) is 11.3 Å². The van der Waals surface area contributed by atoms with Crippen molar-refractivity contribution in [1.29, 1.82) is 0 Å². The summed E-state index contributed by atoms with van der Waals surface area (Å²) in [7, 11) is -0.491. The highest BCUT2D eigenvalue weighted by Gasteiger charge is 2.19. The van der Waals surface area contributed by atoms with Crippen molar-refractivity contribution in [2.24, 2.45) is 0 Å². The summed E-state index contributed by atoms with van der Waals surface area (Å²) in [6.07, 6.45) is 2.19. The molecule has 1 N–H and O–H groups in total. The third-order valence-electron chi connectivity index (χ3n) is 4.92. The Kier molecular flexibility index (Phi) is 6.83. The summed E-state index contributed by atoms with van der Waals surface area (Å²) >= 11 is 0. The van der Waals surface area contributed by atoms with Gasteiger partial charge in [-0.3, -0.25) is 9.69 Å². The second-order valence-corrected chi connectivity index (χ2v) is 9.28. The lowest BCUT2D eigenvalue weighted by atomic mass is 10.2. The monoisotopic (exact) mass is 417 g/mol. The van der Waals surface area contributed by atoms with Gasteiger partial charge in [0, 0.05) is 65.1 Å². The fraction of sp³-hybridized carbons (Fsp3) is 0.400. The lowest BCUT2D eigenvalue weighted by Gasteiger charge is -2.35. The number of anilines is 2. The number of benzene rings is 1. The van der Waals surface area contributed by atoms with E-state index in [-0.39, 0.29) is 10.8 Å². The molecule has 2 aromatic rings. The van der Waals surface area contributed by atoms with E-state index in [9.17, 15) is 13.2 Å². The molecule has 0 aliphatic carbocycles. The Morgan fingerprint density at radius 1 is 1.07 bits per heavy atom. The Morgan fingerprint density at radius 3 is 2.34 bits per heavy atom. The maximum absolute atomic E-state index is 12.2. The molecule has 0 radical (unpaired) electrons. The number of hydrogen-bond donors (Lipinski definition) is 1. The summed E-state index contributed by atoms with van der Waals surface area (Å²) < 4.78 is 25.3. The van der Waals surface area contributed by atoms with Crippen LogP contribution in [-0.4, -0.2) is 75.3 Å². The van der Waals surface area contributed by atoms with E-state index in [1.807, 2.05) is 18.2 Å². The van der Waals surface area contributed by atoms with E-state index in [0.29, 0.717) is 18.7 Å². The molecule has 1 saturated heterocycles. The summed E-state index contributed by atoms with van der Waals surface area (Å²) in [6, 6.07) is 12.1. The van der Waals surface area contributed by atoms with Crippen LogP contribution in [0.5, 0.6) is 0 Å². The quantitative estimate of drug-likeness (QED) is 0.735. The van der Waals surface area contributed by atoms with Crippen LogP contribution in [0.15, 0.2) is 53.6 Å². The van der Waals surface area contributed by atoms with Crippen LogP contribution >= 0.6 is 0 Å². The molecule has 29 heavy (non-hydrogen) atoms. The average molecular weight is 418 g/mol. The Morgan fingerprint density at radius 2 is 1.76 bits per heavy atom. The number of sulfonamides is 1. The zero-order valence-corrected chi connectivity index (χ0v) is 17.6. The standard InChI is InChI=1S/C20H27N5O3S/c1-23(2)29(27,28)18-8-6-17(7-9-18)22-20(26)10-12-24-13-15-25(16-14-24)19-5-3-4-11-21-19/h3-9,11H,10,12-16H2,1-2H3,(H,22,26). The van der Waals surface area contributed by atoms with Crippen LogP contribution in [0.4, 0.5) is 11.5 Å². The number of carbonyl (C=O) groups is 1. The number of nitrogens with zero attached hydrogens (tertiary/aromatic N) is 4. The van der Waals surface area contributed by atoms with E-state index in [4.69, 9.17) is 0 Å². The van der Waals surface area contributed by atoms with Gasteiger partial charge < -0.3 is 10.2 Å². The van der Waals surface area contributed by atoms with Gasteiger partial charge in [-0.15, -0.1) is 0 Å². The fourth-order valence-corrected chi connectivity index (χ4v) is 4.05. The molecule has 1 amide bonds. The summed E-state index contributed by atoms with van der Waals surface area (Å²) in [5.41, 5.74) is 0.590. The molecule has 1 aromatic heterocycles. The van der Waals surface area contributed by atoms with E-state index in [1.54, 1.807) is 18.3 Å². The molecule has 0 unspecified atom stereocenters. The average Bonchev–Trinajstić information content (AvgIpc) is 2.73. The molecular weight excluding hydrogens is 390 g/mol. The normalized spacial score (nSPS) is 15.5. The molecule has 1 aliphatic rings. The van der Waals surface area contributed by atoms with Crippen molar-refractivity contribution in [3.63, 3.8) is 0 Å². The predicted molar refractivity (Wildman–Crippen MR) is 113 cm³/mol. The molecule has 3 rings (SSSR count). The first kappa shape index (κ1) is 21.2. The third-order valence-corrected chi connectivity index (χ3v) is 6.75. The zero-order chi connectivity index (χ0) is 20.9. The minimum absolute atomic E-state index is 0.0830. The lowest BCUT2D eigenvalue weighted by molar-refractivity contribution is -0.116. The topological polar surface area (TPSA) is 85.8 Å². The smallest absolute Gasteiger partial charge is 0.242 e. The molecule has 0 spiro atoms. The van der Waals surface area contributed by atoms with Gasteiger partial charge in [0.1, 0.15) is 5.82 Å². The minimum atomic E-state index is -3.47. The number of pyridine rings is 1. The summed E-state index contributed by atoms with van der Waals surface area (Å²) in [6.45, 7) is 4.25. The molecule has 1 aliphatic heterocycles. The van der Waals surface area contributed by atoms with Gasteiger partial charge in [-0.2, -0.15) is 0 Å². The van der Waals surface area contributed by atoms with Crippen molar-refractivity contribution in [2.75, 3.05) is 57.0 Å². The molecule has 1 aromatic carbocycles. The molecule has 0 bridgehead atoms. The molecular formula is C20H27N5O3S. The highest BCUT2D eigenvalue weighted by Crippen LogP contribution is 2.17. The van der Waals surface area contributed by atoms with Crippen LogP contribution < -0.4 is 10.2 Å². The van der Waals surface area contributed by atoms with Crippen molar-refractivity contribution >= 4 is 27.4 Å². The van der Waals surface area contributed by atoms with Crippen LogP contribution in [0.3, 0.4) is 0 Å². The summed E-state index contributed by atoms with van der Waals surface area (Å²) in [5.74, 6) is 0.907. The van der Waals surface area contributed by atoms with E-state index in [0.717, 1.165) is 36.3 Å². The van der Waals surface area contributed by atoms with Crippen LogP contribution in [0.1, 0.15) is 6.42 Å². The Hall–Kier alpha value is -2.49. The van der Waals surface area contributed by atoms with E-state index in [1.165, 1.54) is 26.2 Å². The van der Waals surface area contributed by atoms with Gasteiger partial charge in [-0.1, -0.05) is 6.07 Å². The van der Waals surface area contributed by atoms with Crippen molar-refractivity contribution in [3.8, 4) is 0 Å². The fourth-order valence-electron chi connectivity index (χ4n) is 3.15. The number of hydrogen-bond acceptors (Lipinski definition) is 6. The highest BCUT2D eigenvalue weighted by molar-refractivity contribution is 7.89. The molecule has 156 valence electrons. The first-order valence-corrected chi connectivity index (χ1v) is 11.0. The molecule has 0 saturated carbocycles. The number of aromatic nitrogens is 1. The predicted octanol–water partition coefficient (Wildman–Crippen LogP) is 1.48. The summed E-state index contributed by atoms with van der Waals surface area (Å²) in [5, 5.41) is 2.83. The maximum Gasteiger partial charge on any atom is 0.242 e. The lowest BCUT2D eigenvalue weighted by Crippen LogP contribution is -2.47. The van der Waals surface area contributed by atoms with Crippen molar-refractivity contribution < 1.29 is 13.2 Å². The number of carbonyl (C=O) groups excluding carboxylic acids is 1. The van der Waals surface area contributed by atoms with Gasteiger partial charge >= 0.3 is 0 Å². The van der Waals surface area contributed by atoms with Gasteiger partial charge in [0.15, 0.2) is 0 Å². The van der Waals surface area contributed by atoms with E-state index in [2.05, 4.69) is 20.1 Å². The third kappa shape index (κ3) is 5.53. The van der Waals surface area contributed by atoms with E-state index < -0.39 is 10.0 Å². The Balaban J connectivity index is 1.44. The first-order chi connectivity index (χ1) is 13.9.